The molecule has 3 N–H and O–H groups in total. The highest BCUT2D eigenvalue weighted by molar-refractivity contribution is 6.04. The van der Waals surface area contributed by atoms with Crippen LogP contribution in [0.2, 0.25) is 0 Å². The number of carbonyl (C=O) groups excluding carboxylic acids is 2. The van der Waals surface area contributed by atoms with E-state index in [2.05, 4.69) is 16.0 Å². The average Bonchev–Trinajstić information content (AvgIpc) is 3.10. The fraction of sp³-hybridized carbons (Fsp3) is 0.120. The number of nitrogens with one attached hydrogen (secondary N) is 1. The predicted octanol–water partition coefficient (Wildman–Crippen LogP) is 5.27. The summed E-state index contributed by atoms with van der Waals surface area (Å²) >= 11 is 0. The lowest BCUT2D eigenvalue weighted by molar-refractivity contribution is 0.0986. The Morgan fingerprint density at radius 2 is 1.57 bits per heavy atom. The molecule has 4 rings (SSSR count). The van der Waals surface area contributed by atoms with Crippen LogP contribution < -0.4 is 11.1 Å². The largest absolute Gasteiger partial charge is 0.399 e. The smallest absolute Gasteiger partial charge is 0.255 e. The fourth-order valence-corrected chi connectivity index (χ4v) is 3.57. The van der Waals surface area contributed by atoms with Gasteiger partial charge in [-0.05, 0) is 66.2 Å². The van der Waals surface area contributed by atoms with Crippen molar-refractivity contribution >= 4 is 34.0 Å². The van der Waals surface area contributed by atoms with Crippen LogP contribution in [-0.4, -0.2) is 16.3 Å². The zero-order valence-corrected chi connectivity index (χ0v) is 17.0. The molecule has 1 heterocycles. The van der Waals surface area contributed by atoms with E-state index in [1.54, 1.807) is 24.3 Å². The third kappa shape index (κ3) is 3.70. The molecule has 0 saturated carbocycles. The van der Waals surface area contributed by atoms with Crippen molar-refractivity contribution in [3.8, 4) is 11.3 Å². The van der Waals surface area contributed by atoms with Crippen molar-refractivity contribution in [2.45, 2.75) is 13.3 Å². The molecule has 30 heavy (non-hydrogen) atoms. The second-order valence-electron chi connectivity index (χ2n) is 7.29. The third-order valence-electron chi connectivity index (χ3n) is 5.30. The standard InChI is InChI=1S/C25H23N3O2/c1-3-24(29)18-8-13-22-19(14-18)15-23(28(22)2)16-6-11-21(12-7-16)27-25(30)17-4-9-20(26)10-5-17/h4-15H,3,26H2,1-2H3,(H,27,30). The minimum absolute atomic E-state index is 0.142. The predicted molar refractivity (Wildman–Crippen MR) is 122 cm³/mol. The summed E-state index contributed by atoms with van der Waals surface area (Å²) in [7, 11) is 2.01. The number of aryl methyl sites for hydroxylation is 1. The van der Waals surface area contributed by atoms with Gasteiger partial charge in [-0.15, -0.1) is 0 Å². The number of hydrogen-bond acceptors (Lipinski definition) is 3. The van der Waals surface area contributed by atoms with Gasteiger partial charge in [0.05, 0.1) is 0 Å². The normalized spacial score (nSPS) is 10.9. The number of Topliss-reactive ketones (excluding diaryl/α,β-unsaturated/α-hetero) is 1. The van der Waals surface area contributed by atoms with Crippen molar-refractivity contribution in [1.29, 1.82) is 0 Å². The zero-order valence-electron chi connectivity index (χ0n) is 17.0. The molecular weight excluding hydrogens is 374 g/mol. The molecule has 1 amide bonds. The Bertz CT molecular complexity index is 1240. The Labute approximate surface area is 175 Å². The van der Waals surface area contributed by atoms with Crippen LogP contribution in [0.25, 0.3) is 22.2 Å². The number of aromatic nitrogens is 1. The van der Waals surface area contributed by atoms with Crippen LogP contribution in [-0.2, 0) is 7.05 Å². The summed E-state index contributed by atoms with van der Waals surface area (Å²) in [6.07, 6.45) is 0.495. The fourth-order valence-electron chi connectivity index (χ4n) is 3.57. The van der Waals surface area contributed by atoms with Gasteiger partial charge in [0.2, 0.25) is 0 Å². The summed E-state index contributed by atoms with van der Waals surface area (Å²) < 4.78 is 2.11. The van der Waals surface area contributed by atoms with Gasteiger partial charge < -0.3 is 15.6 Å². The summed E-state index contributed by atoms with van der Waals surface area (Å²) in [5.74, 6) is -0.0380. The molecule has 150 valence electrons. The number of ketones is 1. The van der Waals surface area contributed by atoms with E-state index in [9.17, 15) is 9.59 Å². The highest BCUT2D eigenvalue weighted by Gasteiger charge is 2.11. The van der Waals surface area contributed by atoms with E-state index in [1.807, 2.05) is 56.4 Å². The number of fused-ring (bicyclic) bond motifs is 1. The minimum Gasteiger partial charge on any atom is -0.399 e. The first kappa shape index (κ1) is 19.5. The van der Waals surface area contributed by atoms with Gasteiger partial charge in [-0.3, -0.25) is 9.59 Å². The number of amides is 1. The van der Waals surface area contributed by atoms with Gasteiger partial charge in [-0.25, -0.2) is 0 Å². The first-order valence-electron chi connectivity index (χ1n) is 9.86. The average molecular weight is 397 g/mol. The van der Waals surface area contributed by atoms with Crippen molar-refractivity contribution in [3.63, 3.8) is 0 Å². The van der Waals surface area contributed by atoms with Crippen molar-refractivity contribution < 1.29 is 9.59 Å². The number of hydrogen-bond donors (Lipinski definition) is 2. The molecule has 0 bridgehead atoms. The van der Waals surface area contributed by atoms with Crippen molar-refractivity contribution in [2.24, 2.45) is 7.05 Å². The molecule has 5 nitrogen and oxygen atoms in total. The number of nitrogens with two attached hydrogens (primary N) is 1. The van der Waals surface area contributed by atoms with E-state index in [-0.39, 0.29) is 11.7 Å². The van der Waals surface area contributed by atoms with Gasteiger partial charge in [0.25, 0.3) is 5.91 Å². The number of nitrogens with zero attached hydrogens (tertiary/aromatic N) is 1. The first-order chi connectivity index (χ1) is 14.5. The minimum atomic E-state index is -0.180. The molecule has 4 aromatic rings. The maximum Gasteiger partial charge on any atom is 0.255 e. The number of carbonyl (C=O) groups is 2. The summed E-state index contributed by atoms with van der Waals surface area (Å²) in [4.78, 5) is 24.4. The molecule has 0 aliphatic carbocycles. The van der Waals surface area contributed by atoms with E-state index in [0.717, 1.165) is 33.4 Å². The van der Waals surface area contributed by atoms with E-state index in [4.69, 9.17) is 5.73 Å². The van der Waals surface area contributed by atoms with Crippen LogP contribution in [0.4, 0.5) is 11.4 Å². The Kier molecular flexibility index (Phi) is 5.11. The highest BCUT2D eigenvalue weighted by atomic mass is 16.1. The lowest BCUT2D eigenvalue weighted by atomic mass is 10.1. The van der Waals surface area contributed by atoms with Gasteiger partial charge in [0.15, 0.2) is 5.78 Å². The Morgan fingerprint density at radius 1 is 0.900 bits per heavy atom. The van der Waals surface area contributed by atoms with E-state index < -0.39 is 0 Å². The van der Waals surface area contributed by atoms with E-state index in [1.165, 1.54) is 0 Å². The van der Waals surface area contributed by atoms with Crippen molar-refractivity contribution in [2.75, 3.05) is 11.1 Å². The van der Waals surface area contributed by atoms with Gasteiger partial charge >= 0.3 is 0 Å². The summed E-state index contributed by atoms with van der Waals surface area (Å²) in [6.45, 7) is 1.87. The summed E-state index contributed by atoms with van der Waals surface area (Å²) in [5.41, 5.74) is 11.4. The number of rotatable bonds is 5. The maximum atomic E-state index is 12.4. The molecule has 0 atom stereocenters. The Hall–Kier alpha value is -3.86. The number of benzene rings is 3. The van der Waals surface area contributed by atoms with E-state index >= 15 is 0 Å². The molecule has 3 aromatic carbocycles. The molecule has 0 saturated heterocycles. The van der Waals surface area contributed by atoms with Crippen LogP contribution in [0.1, 0.15) is 34.1 Å². The Morgan fingerprint density at radius 3 is 2.23 bits per heavy atom. The molecular formula is C25H23N3O2. The topological polar surface area (TPSA) is 77.1 Å². The lowest BCUT2D eigenvalue weighted by Gasteiger charge is -2.08. The van der Waals surface area contributed by atoms with Crippen LogP contribution in [0, 0.1) is 0 Å². The molecule has 0 radical (unpaired) electrons. The zero-order chi connectivity index (χ0) is 21.3. The van der Waals surface area contributed by atoms with Crippen LogP contribution in [0.3, 0.4) is 0 Å². The van der Waals surface area contributed by atoms with Crippen LogP contribution in [0.15, 0.2) is 72.8 Å². The quantitative estimate of drug-likeness (QED) is 0.356. The molecule has 0 fully saturated rings. The molecule has 1 aromatic heterocycles. The molecule has 0 unspecified atom stereocenters. The third-order valence-corrected chi connectivity index (χ3v) is 5.30. The highest BCUT2D eigenvalue weighted by Crippen LogP contribution is 2.29. The van der Waals surface area contributed by atoms with Gasteiger partial charge in [-0.2, -0.15) is 0 Å². The first-order valence-corrected chi connectivity index (χ1v) is 9.86. The van der Waals surface area contributed by atoms with Gasteiger partial charge in [0, 0.05) is 52.6 Å². The van der Waals surface area contributed by atoms with E-state index in [0.29, 0.717) is 17.7 Å². The molecule has 0 aliphatic heterocycles. The monoisotopic (exact) mass is 397 g/mol. The van der Waals surface area contributed by atoms with Gasteiger partial charge in [-0.1, -0.05) is 19.1 Å². The number of anilines is 2. The van der Waals surface area contributed by atoms with Crippen LogP contribution in [0.5, 0.6) is 0 Å². The Balaban J connectivity index is 1.58. The van der Waals surface area contributed by atoms with Crippen LogP contribution >= 0.6 is 0 Å². The SMILES string of the molecule is CCC(=O)c1ccc2c(c1)cc(-c1ccc(NC(=O)c3ccc(N)cc3)cc1)n2C. The second kappa shape index (κ2) is 7.87. The summed E-state index contributed by atoms with van der Waals surface area (Å²) in [6, 6.07) is 22.4. The lowest BCUT2D eigenvalue weighted by Crippen LogP contribution is -2.11. The maximum absolute atomic E-state index is 12.4. The second-order valence-corrected chi connectivity index (χ2v) is 7.29. The van der Waals surface area contributed by atoms with Crippen molar-refractivity contribution in [1.82, 2.24) is 4.57 Å². The summed E-state index contributed by atoms with van der Waals surface area (Å²) in [5, 5.41) is 3.93. The number of nitrogen functional groups attached to an aromatic ring is 1. The molecule has 5 heteroatoms. The van der Waals surface area contributed by atoms with Gasteiger partial charge in [0.1, 0.15) is 0 Å². The molecule has 0 spiro atoms. The van der Waals surface area contributed by atoms with Crippen molar-refractivity contribution in [3.05, 3.63) is 83.9 Å². The molecule has 0 aliphatic rings.